The molecule has 0 radical (unpaired) electrons. The molecule has 3 aliphatic carbocycles. The molecule has 10 heteroatoms. The number of hydrogen-bond acceptors (Lipinski definition) is 7. The van der Waals surface area contributed by atoms with Crippen LogP contribution in [0.3, 0.4) is 0 Å². The molecule has 1 fully saturated rings. The van der Waals surface area contributed by atoms with Crippen LogP contribution < -0.4 is 5.73 Å². The summed E-state index contributed by atoms with van der Waals surface area (Å²) in [5, 5.41) is 34.1. The molecule has 5 N–H and O–H groups in total. The van der Waals surface area contributed by atoms with E-state index in [-0.39, 0.29) is 19.3 Å². The first-order valence-corrected chi connectivity index (χ1v) is 13.4. The third-order valence-electron chi connectivity index (χ3n) is 9.77. The first-order chi connectivity index (χ1) is 18.3. The highest BCUT2D eigenvalue weighted by Crippen LogP contribution is 2.63. The Balaban J connectivity index is 1.63. The number of hydrogen-bond donors (Lipinski definition) is 4. The molecule has 1 aromatic carbocycles. The van der Waals surface area contributed by atoms with E-state index in [0.29, 0.717) is 16.7 Å². The molecule has 7 atom stereocenters. The molecule has 1 aromatic rings. The topological polar surface area (TPSA) is 130 Å². The van der Waals surface area contributed by atoms with E-state index >= 15 is 0 Å². The molecular weight excluding hydrogens is 527 g/mol. The van der Waals surface area contributed by atoms with Crippen LogP contribution in [0.5, 0.6) is 0 Å². The summed E-state index contributed by atoms with van der Waals surface area (Å²) >= 11 is 0. The van der Waals surface area contributed by atoms with Crippen molar-refractivity contribution in [2.24, 2.45) is 28.9 Å². The zero-order valence-electron chi connectivity index (χ0n) is 23.4. The molecule has 3 aliphatic rings. The molecule has 0 amide bonds. The number of alkyl halides is 3. The molecule has 0 aromatic heterocycles. The first kappa shape index (κ1) is 30.4. The lowest BCUT2D eigenvalue weighted by Gasteiger charge is -2.61. The monoisotopic (exact) mass is 565 g/mol. The van der Waals surface area contributed by atoms with Crippen molar-refractivity contribution in [2.45, 2.75) is 82.9 Å². The molecular formula is C30H38F3NO6. The van der Waals surface area contributed by atoms with Crippen molar-refractivity contribution >= 4 is 11.8 Å². The van der Waals surface area contributed by atoms with Gasteiger partial charge in [-0.1, -0.05) is 45.1 Å². The molecule has 0 spiro atoms. The third-order valence-corrected chi connectivity index (χ3v) is 9.77. The molecule has 0 bridgehead atoms. The number of ketones is 1. The van der Waals surface area contributed by atoms with Crippen LogP contribution >= 0.6 is 0 Å². The minimum Gasteiger partial charge on any atom is -0.458 e. The van der Waals surface area contributed by atoms with E-state index < -0.39 is 76.1 Å². The maximum Gasteiger partial charge on any atom is 0.416 e. The van der Waals surface area contributed by atoms with Gasteiger partial charge in [0.25, 0.3) is 0 Å². The van der Waals surface area contributed by atoms with Gasteiger partial charge in [0, 0.05) is 23.7 Å². The predicted octanol–water partition coefficient (Wildman–Crippen LogP) is 3.49. The fraction of sp³-hybridized carbons (Fsp3) is 0.600. The minimum atomic E-state index is -4.47. The van der Waals surface area contributed by atoms with Crippen LogP contribution in [0.15, 0.2) is 47.6 Å². The van der Waals surface area contributed by atoms with Gasteiger partial charge in [0.1, 0.15) is 17.2 Å². The largest absolute Gasteiger partial charge is 0.458 e. The summed E-state index contributed by atoms with van der Waals surface area (Å²) in [6.45, 7) is 8.35. The van der Waals surface area contributed by atoms with Crippen molar-refractivity contribution in [3.63, 3.8) is 0 Å². The number of carbonyl (C=O) groups excluding carboxylic acids is 2. The Hall–Kier alpha value is -2.53. The smallest absolute Gasteiger partial charge is 0.416 e. The summed E-state index contributed by atoms with van der Waals surface area (Å²) in [7, 11) is 0. The summed E-state index contributed by atoms with van der Waals surface area (Å²) in [5.41, 5.74) is 0.907. The number of rotatable bonds is 5. The second-order valence-corrected chi connectivity index (χ2v) is 12.6. The van der Waals surface area contributed by atoms with E-state index in [1.807, 2.05) is 13.8 Å². The van der Waals surface area contributed by atoms with Crippen molar-refractivity contribution < 1.29 is 42.8 Å². The van der Waals surface area contributed by atoms with Crippen molar-refractivity contribution in [3.8, 4) is 0 Å². The highest BCUT2D eigenvalue weighted by atomic mass is 19.4. The number of Topliss-reactive ketones (excluding diaryl/α,β-unsaturated/α-hetero) is 1. The summed E-state index contributed by atoms with van der Waals surface area (Å²) in [4.78, 5) is 26.3. The SMILES string of the molecule is CC1=C[C@H]2[C@@]3(O)[C@H](C)C[C@@](C)(OC(=O)[C@@H](N)Cc4ccc(C(F)(F)F)cc4)C(C)(C)[C@@H]3C=C(CO)C[C@]2(O)C1=O. The molecule has 40 heavy (non-hydrogen) atoms. The zero-order chi connectivity index (χ0) is 30.1. The van der Waals surface area contributed by atoms with Crippen LogP contribution in [0, 0.1) is 23.2 Å². The number of aliphatic hydroxyl groups excluding tert-OH is 1. The Morgan fingerprint density at radius 3 is 2.27 bits per heavy atom. The van der Waals surface area contributed by atoms with Gasteiger partial charge in [0.05, 0.1) is 17.8 Å². The zero-order valence-corrected chi connectivity index (χ0v) is 23.4. The Bertz CT molecular complexity index is 1250. The van der Waals surface area contributed by atoms with E-state index in [1.54, 1.807) is 32.9 Å². The van der Waals surface area contributed by atoms with Crippen LogP contribution in [-0.4, -0.2) is 56.5 Å². The Kier molecular flexibility index (Phi) is 7.45. The van der Waals surface area contributed by atoms with Crippen LogP contribution in [0.4, 0.5) is 13.2 Å². The van der Waals surface area contributed by atoms with E-state index in [1.165, 1.54) is 12.1 Å². The number of fused-ring (bicyclic) bond motifs is 3. The van der Waals surface area contributed by atoms with E-state index in [9.17, 15) is 38.1 Å². The summed E-state index contributed by atoms with van der Waals surface area (Å²) in [6.07, 6.45) is -1.14. The number of esters is 1. The lowest BCUT2D eigenvalue weighted by Crippen LogP contribution is -2.69. The Morgan fingerprint density at radius 1 is 1.12 bits per heavy atom. The number of benzene rings is 1. The third kappa shape index (κ3) is 4.62. The van der Waals surface area contributed by atoms with Crippen molar-refractivity contribution in [2.75, 3.05) is 6.61 Å². The number of ether oxygens (including phenoxy) is 1. The fourth-order valence-corrected chi connectivity index (χ4v) is 7.11. The average Bonchev–Trinajstić information content (AvgIpc) is 3.02. The van der Waals surface area contributed by atoms with Gasteiger partial charge in [0.2, 0.25) is 0 Å². The standard InChI is InChI=1S/C30H38F3NO6/c1-16-10-23-28(38,24(16)36)14-19(15-35)12-22-26(3,4)27(5,13-17(2)29(22,23)39)40-25(37)21(34)11-18-6-8-20(9-7-18)30(31,32)33/h6-10,12,17,21-23,35,38-39H,11,13-15,34H2,1-5H3/t17-,21+,22+,23-,27-,28-,29-/m1/s1. The molecule has 0 aliphatic heterocycles. The van der Waals surface area contributed by atoms with E-state index in [0.717, 1.165) is 12.1 Å². The molecule has 7 nitrogen and oxygen atoms in total. The fourth-order valence-electron chi connectivity index (χ4n) is 7.11. The highest BCUT2D eigenvalue weighted by Gasteiger charge is 2.69. The normalized spacial score (nSPS) is 36.1. The van der Waals surface area contributed by atoms with Crippen molar-refractivity contribution in [3.05, 3.63) is 58.7 Å². The van der Waals surface area contributed by atoms with E-state index in [4.69, 9.17) is 10.5 Å². The van der Waals surface area contributed by atoms with Gasteiger partial charge in [0.15, 0.2) is 5.78 Å². The highest BCUT2D eigenvalue weighted by molar-refractivity contribution is 6.04. The van der Waals surface area contributed by atoms with Gasteiger partial charge in [-0.3, -0.25) is 9.59 Å². The number of carbonyl (C=O) groups is 2. The molecule has 220 valence electrons. The van der Waals surface area contributed by atoms with Crippen LogP contribution in [0.25, 0.3) is 0 Å². The quantitative estimate of drug-likeness (QED) is 0.318. The van der Waals surface area contributed by atoms with Crippen LogP contribution in [0.1, 0.15) is 58.6 Å². The van der Waals surface area contributed by atoms with Gasteiger partial charge in [-0.2, -0.15) is 13.2 Å². The Labute approximate surface area is 231 Å². The lowest BCUT2D eigenvalue weighted by atomic mass is 9.48. The van der Waals surface area contributed by atoms with E-state index in [2.05, 4.69) is 0 Å². The maximum absolute atomic E-state index is 13.3. The summed E-state index contributed by atoms with van der Waals surface area (Å²) in [5.74, 6) is -3.45. The molecule has 0 heterocycles. The Morgan fingerprint density at radius 2 is 1.73 bits per heavy atom. The maximum atomic E-state index is 13.3. The average molecular weight is 566 g/mol. The van der Waals surface area contributed by atoms with Crippen LogP contribution in [0.2, 0.25) is 0 Å². The summed E-state index contributed by atoms with van der Waals surface area (Å²) in [6, 6.07) is 3.27. The van der Waals surface area contributed by atoms with Gasteiger partial charge < -0.3 is 25.8 Å². The molecule has 0 saturated heterocycles. The lowest BCUT2D eigenvalue weighted by molar-refractivity contribution is -0.246. The number of halogens is 3. The minimum absolute atomic E-state index is 0.0355. The predicted molar refractivity (Wildman–Crippen MR) is 141 cm³/mol. The summed E-state index contributed by atoms with van der Waals surface area (Å²) < 4.78 is 44.8. The number of aliphatic hydroxyl groups is 3. The van der Waals surface area contributed by atoms with Crippen molar-refractivity contribution in [1.29, 1.82) is 0 Å². The van der Waals surface area contributed by atoms with Crippen molar-refractivity contribution in [1.82, 2.24) is 0 Å². The van der Waals surface area contributed by atoms with Gasteiger partial charge in [-0.25, -0.2) is 0 Å². The van der Waals surface area contributed by atoms with Gasteiger partial charge in [-0.05, 0) is 61.4 Å². The first-order valence-electron chi connectivity index (χ1n) is 13.4. The number of nitrogens with two attached hydrogens (primary N) is 1. The second kappa shape index (κ2) is 9.79. The second-order valence-electron chi connectivity index (χ2n) is 12.6. The molecule has 0 unspecified atom stereocenters. The van der Waals surface area contributed by atoms with Gasteiger partial charge in [-0.15, -0.1) is 0 Å². The molecule has 4 rings (SSSR count). The van der Waals surface area contributed by atoms with Gasteiger partial charge >= 0.3 is 12.1 Å². The van der Waals surface area contributed by atoms with Crippen LogP contribution in [-0.2, 0) is 26.9 Å². The molecule has 1 saturated carbocycles.